The minimum absolute atomic E-state index is 0.109. The number of benzene rings is 1. The molecule has 0 saturated carbocycles. The zero-order valence-electron chi connectivity index (χ0n) is 19.4. The van der Waals surface area contributed by atoms with Crippen LogP contribution in [0.25, 0.3) is 0 Å². The Labute approximate surface area is 204 Å². The second-order valence-corrected chi connectivity index (χ2v) is 9.76. The quantitative estimate of drug-likeness (QED) is 0.482. The lowest BCUT2D eigenvalue weighted by atomic mass is 9.92. The highest BCUT2D eigenvalue weighted by atomic mass is 35.5. The fourth-order valence-corrected chi connectivity index (χ4v) is 4.92. The average molecular weight is 484 g/mol. The number of carbonyl (C=O) groups is 3. The lowest BCUT2D eigenvalue weighted by molar-refractivity contribution is -0.142. The van der Waals surface area contributed by atoms with Gasteiger partial charge in [0.25, 0.3) is 11.5 Å². The molecule has 4 rings (SSSR count). The zero-order valence-corrected chi connectivity index (χ0v) is 20.1. The minimum atomic E-state index is -1.30. The molecule has 7 nitrogen and oxygen atoms in total. The monoisotopic (exact) mass is 483 g/mol. The highest BCUT2D eigenvalue weighted by molar-refractivity contribution is 6.30. The molecular weight excluding hydrogens is 454 g/mol. The van der Waals surface area contributed by atoms with Crippen LogP contribution >= 0.6 is 11.6 Å². The molecule has 8 heteroatoms. The molecule has 0 aliphatic carbocycles. The van der Waals surface area contributed by atoms with Crippen LogP contribution in [0.4, 0.5) is 0 Å². The molecule has 1 atom stereocenters. The van der Waals surface area contributed by atoms with Crippen molar-refractivity contribution in [1.29, 1.82) is 0 Å². The topological polar surface area (TPSA) is 79.7 Å². The predicted octanol–water partition coefficient (Wildman–Crippen LogP) is 3.42. The van der Waals surface area contributed by atoms with Crippen molar-refractivity contribution in [1.82, 2.24) is 14.4 Å². The van der Waals surface area contributed by atoms with Gasteiger partial charge in [0.2, 0.25) is 5.91 Å². The second-order valence-electron chi connectivity index (χ2n) is 9.33. The van der Waals surface area contributed by atoms with Crippen LogP contribution in [0, 0.1) is 11.8 Å². The van der Waals surface area contributed by atoms with Gasteiger partial charge >= 0.3 is 0 Å². The first kappa shape index (κ1) is 24.2. The van der Waals surface area contributed by atoms with Gasteiger partial charge in [0.05, 0.1) is 0 Å². The number of hydrogen-bond acceptors (Lipinski definition) is 4. The first-order valence-electron chi connectivity index (χ1n) is 11.9. The van der Waals surface area contributed by atoms with Crippen LogP contribution in [0.1, 0.15) is 49.0 Å². The van der Waals surface area contributed by atoms with E-state index < -0.39 is 23.3 Å². The maximum atomic E-state index is 13.6. The van der Waals surface area contributed by atoms with E-state index in [1.807, 2.05) is 4.90 Å². The second kappa shape index (κ2) is 10.6. The molecule has 2 aliphatic heterocycles. The first-order chi connectivity index (χ1) is 16.3. The number of rotatable bonds is 5. The summed E-state index contributed by atoms with van der Waals surface area (Å²) < 4.78 is 1.19. The molecule has 34 heavy (non-hydrogen) atoms. The molecule has 2 fully saturated rings. The number of pyridine rings is 1. The fraction of sp³-hybridized carbons (Fsp3) is 0.462. The van der Waals surface area contributed by atoms with Crippen LogP contribution in [0.3, 0.4) is 0 Å². The molecule has 0 N–H and O–H groups in total. The summed E-state index contributed by atoms with van der Waals surface area (Å²) in [6, 6.07) is 9.52. The van der Waals surface area contributed by atoms with Gasteiger partial charge in [0.15, 0.2) is 11.8 Å². The van der Waals surface area contributed by atoms with Gasteiger partial charge in [0, 0.05) is 54.9 Å². The van der Waals surface area contributed by atoms with E-state index in [2.05, 4.69) is 6.92 Å². The van der Waals surface area contributed by atoms with Gasteiger partial charge in [-0.3, -0.25) is 23.7 Å². The summed E-state index contributed by atoms with van der Waals surface area (Å²) in [5.74, 6) is -0.170. The van der Waals surface area contributed by atoms with E-state index in [9.17, 15) is 19.2 Å². The standard InChI is InChI=1S/C26H30ClN3O4/c1-18-9-14-28(15-10-18)25(33)20-11-16-29(17-12-20)26(34)23(30-13-3-2-4-22(30)31)24(32)19-5-7-21(27)8-6-19/h2-8,13,18,20,23H,9-12,14-17H2,1H3. The third-order valence-electron chi connectivity index (χ3n) is 6.99. The number of likely N-dealkylation sites (tertiary alicyclic amines) is 2. The number of amides is 2. The molecule has 0 radical (unpaired) electrons. The van der Waals surface area contributed by atoms with Crippen molar-refractivity contribution in [2.45, 2.75) is 38.6 Å². The molecule has 2 aromatic rings. The van der Waals surface area contributed by atoms with Crippen LogP contribution in [0.15, 0.2) is 53.5 Å². The highest BCUT2D eigenvalue weighted by Gasteiger charge is 2.37. The van der Waals surface area contributed by atoms with Gasteiger partial charge in [-0.15, -0.1) is 0 Å². The van der Waals surface area contributed by atoms with Crippen LogP contribution < -0.4 is 5.56 Å². The Morgan fingerprint density at radius 3 is 2.12 bits per heavy atom. The van der Waals surface area contributed by atoms with E-state index in [-0.39, 0.29) is 11.8 Å². The van der Waals surface area contributed by atoms with Crippen molar-refractivity contribution >= 4 is 29.2 Å². The van der Waals surface area contributed by atoms with Crippen LogP contribution in [0.5, 0.6) is 0 Å². The number of nitrogens with zero attached hydrogens (tertiary/aromatic N) is 3. The van der Waals surface area contributed by atoms with Crippen LogP contribution in [-0.2, 0) is 9.59 Å². The normalized spacial score (nSPS) is 18.5. The van der Waals surface area contributed by atoms with Crippen molar-refractivity contribution in [2.24, 2.45) is 11.8 Å². The summed E-state index contributed by atoms with van der Waals surface area (Å²) in [6.45, 7) is 4.57. The third-order valence-corrected chi connectivity index (χ3v) is 7.24. The SMILES string of the molecule is CC1CCN(C(=O)C2CCN(C(=O)C(C(=O)c3ccc(Cl)cc3)n3ccccc3=O)CC2)CC1. The Kier molecular flexibility index (Phi) is 7.51. The van der Waals surface area contributed by atoms with Gasteiger partial charge < -0.3 is 9.80 Å². The highest BCUT2D eigenvalue weighted by Crippen LogP contribution is 2.26. The number of halogens is 1. The number of aromatic nitrogens is 1. The number of Topliss-reactive ketones (excluding diaryl/α,β-unsaturated/α-hetero) is 1. The molecule has 0 bridgehead atoms. The molecule has 1 aromatic heterocycles. The average Bonchev–Trinajstić information content (AvgIpc) is 2.86. The molecule has 3 heterocycles. The van der Waals surface area contributed by atoms with Gasteiger partial charge in [0.1, 0.15) is 0 Å². The lowest BCUT2D eigenvalue weighted by Crippen LogP contribution is -2.49. The smallest absolute Gasteiger partial charge is 0.253 e. The third kappa shape index (κ3) is 5.25. The molecule has 0 spiro atoms. The first-order valence-corrected chi connectivity index (χ1v) is 12.3. The van der Waals surface area contributed by atoms with Crippen molar-refractivity contribution < 1.29 is 14.4 Å². The van der Waals surface area contributed by atoms with E-state index in [4.69, 9.17) is 11.6 Å². The Hall–Kier alpha value is -2.93. The Morgan fingerprint density at radius 1 is 0.882 bits per heavy atom. The van der Waals surface area contributed by atoms with Crippen LogP contribution in [0.2, 0.25) is 5.02 Å². The Bertz CT molecular complexity index is 1100. The molecular formula is C26H30ClN3O4. The van der Waals surface area contributed by atoms with Gasteiger partial charge in [-0.25, -0.2) is 0 Å². The largest absolute Gasteiger partial charge is 0.342 e. The Morgan fingerprint density at radius 2 is 1.50 bits per heavy atom. The van der Waals surface area contributed by atoms with E-state index in [1.165, 1.54) is 16.8 Å². The van der Waals surface area contributed by atoms with Gasteiger partial charge in [-0.05, 0) is 61.9 Å². The van der Waals surface area contributed by atoms with E-state index >= 15 is 0 Å². The summed E-state index contributed by atoms with van der Waals surface area (Å²) in [6.07, 6.45) is 4.64. The van der Waals surface area contributed by atoms with Crippen molar-refractivity contribution in [3.8, 4) is 0 Å². The summed E-state index contributed by atoms with van der Waals surface area (Å²) in [7, 11) is 0. The van der Waals surface area contributed by atoms with Crippen molar-refractivity contribution in [3.63, 3.8) is 0 Å². The van der Waals surface area contributed by atoms with Gasteiger partial charge in [-0.2, -0.15) is 0 Å². The summed E-state index contributed by atoms with van der Waals surface area (Å²) >= 11 is 5.95. The maximum absolute atomic E-state index is 13.6. The number of carbonyl (C=O) groups excluding carboxylic acids is 3. The molecule has 2 saturated heterocycles. The van der Waals surface area contributed by atoms with Crippen molar-refractivity contribution in [2.75, 3.05) is 26.2 Å². The minimum Gasteiger partial charge on any atom is -0.342 e. The molecule has 2 aliphatic rings. The van der Waals surface area contributed by atoms with Crippen LogP contribution in [-0.4, -0.2) is 58.1 Å². The van der Waals surface area contributed by atoms with Gasteiger partial charge in [-0.1, -0.05) is 24.6 Å². The van der Waals surface area contributed by atoms with E-state index in [1.54, 1.807) is 41.3 Å². The molecule has 1 unspecified atom stereocenters. The van der Waals surface area contributed by atoms with Crippen molar-refractivity contribution in [3.05, 3.63) is 69.6 Å². The Balaban J connectivity index is 1.49. The number of hydrogen-bond donors (Lipinski definition) is 0. The summed E-state index contributed by atoms with van der Waals surface area (Å²) in [5.41, 5.74) is -0.115. The molecule has 2 amide bonds. The number of piperidine rings is 2. The predicted molar refractivity (Wildman–Crippen MR) is 130 cm³/mol. The lowest BCUT2D eigenvalue weighted by Gasteiger charge is -2.37. The van der Waals surface area contributed by atoms with E-state index in [0.29, 0.717) is 42.4 Å². The molecule has 180 valence electrons. The maximum Gasteiger partial charge on any atom is 0.253 e. The zero-order chi connectivity index (χ0) is 24.2. The summed E-state index contributed by atoms with van der Waals surface area (Å²) in [5, 5.41) is 0.478. The molecule has 1 aromatic carbocycles. The summed E-state index contributed by atoms with van der Waals surface area (Å²) in [4.78, 5) is 56.0. The fourth-order valence-electron chi connectivity index (χ4n) is 4.79. The van der Waals surface area contributed by atoms with E-state index in [0.717, 1.165) is 25.9 Å². The number of ketones is 1.